The molecule has 0 N–H and O–H groups in total. The normalized spacial score (nSPS) is 10.6. The van der Waals surface area contributed by atoms with E-state index in [-0.39, 0.29) is 5.78 Å². The van der Waals surface area contributed by atoms with Gasteiger partial charge >= 0.3 is 0 Å². The maximum Gasteiger partial charge on any atom is 0.194 e. The molecule has 0 unspecified atom stereocenters. The number of aryl methyl sites for hydroxylation is 3. The van der Waals surface area contributed by atoms with Crippen LogP contribution in [0.25, 0.3) is 0 Å². The molecule has 0 saturated heterocycles. The Morgan fingerprint density at radius 2 is 1.76 bits per heavy atom. The molecular weight excluding hydrogens is 296 g/mol. The van der Waals surface area contributed by atoms with Crippen LogP contribution >= 0.6 is 27.3 Å². The van der Waals surface area contributed by atoms with Crippen LogP contribution in [0.4, 0.5) is 0 Å². The van der Waals surface area contributed by atoms with Gasteiger partial charge in [-0.25, -0.2) is 0 Å². The largest absolute Gasteiger partial charge is 0.289 e. The van der Waals surface area contributed by atoms with Gasteiger partial charge in [0.25, 0.3) is 0 Å². The third-order valence-electron chi connectivity index (χ3n) is 2.80. The second-order valence-corrected chi connectivity index (χ2v) is 6.06. The van der Waals surface area contributed by atoms with Gasteiger partial charge in [-0.2, -0.15) is 0 Å². The molecule has 0 aliphatic rings. The number of hydrogen-bond acceptors (Lipinski definition) is 2. The lowest BCUT2D eigenvalue weighted by molar-refractivity contribution is 0.103. The van der Waals surface area contributed by atoms with Gasteiger partial charge in [0.2, 0.25) is 0 Å². The molecule has 0 atom stereocenters. The number of hydrogen-bond donors (Lipinski definition) is 0. The Bertz CT molecular complexity index is 561. The van der Waals surface area contributed by atoms with Crippen molar-refractivity contribution in [3.63, 3.8) is 0 Å². The molecule has 0 aliphatic carbocycles. The molecule has 2 rings (SSSR count). The van der Waals surface area contributed by atoms with Gasteiger partial charge in [-0.15, -0.1) is 11.3 Å². The molecule has 17 heavy (non-hydrogen) atoms. The Morgan fingerprint density at radius 3 is 2.24 bits per heavy atom. The molecule has 0 spiro atoms. The summed E-state index contributed by atoms with van der Waals surface area (Å²) < 4.78 is 1.08. The van der Waals surface area contributed by atoms with Crippen LogP contribution in [0.1, 0.15) is 31.9 Å². The number of rotatable bonds is 2. The summed E-state index contributed by atoms with van der Waals surface area (Å²) >= 11 is 5.13. The number of benzene rings is 1. The predicted octanol–water partition coefficient (Wildman–Crippen LogP) is 4.67. The molecule has 1 nitrogen and oxygen atoms in total. The van der Waals surface area contributed by atoms with Crippen molar-refractivity contribution in [2.45, 2.75) is 20.8 Å². The standard InChI is InChI=1S/C14H13BrOS/c1-8-6-11(7-9(2)13(8)15)14(16)12-4-5-17-10(12)3/h4-7H,1-3H3. The van der Waals surface area contributed by atoms with Gasteiger partial charge in [0, 0.05) is 20.5 Å². The Kier molecular flexibility index (Phi) is 3.50. The van der Waals surface area contributed by atoms with E-state index >= 15 is 0 Å². The first-order chi connectivity index (χ1) is 8.00. The molecule has 1 aromatic carbocycles. The van der Waals surface area contributed by atoms with Crippen molar-refractivity contribution in [2.24, 2.45) is 0 Å². The number of carbonyl (C=O) groups is 1. The van der Waals surface area contributed by atoms with Gasteiger partial charge < -0.3 is 0 Å². The minimum atomic E-state index is 0.113. The zero-order valence-electron chi connectivity index (χ0n) is 10.0. The fourth-order valence-corrected chi connectivity index (χ4v) is 2.78. The fourth-order valence-electron chi connectivity index (χ4n) is 1.85. The lowest BCUT2D eigenvalue weighted by atomic mass is 10.00. The maximum atomic E-state index is 12.3. The van der Waals surface area contributed by atoms with Gasteiger partial charge in [-0.3, -0.25) is 4.79 Å². The highest BCUT2D eigenvalue weighted by Gasteiger charge is 2.14. The van der Waals surface area contributed by atoms with E-state index in [0.29, 0.717) is 0 Å². The summed E-state index contributed by atoms with van der Waals surface area (Å²) in [6, 6.07) is 5.78. The quantitative estimate of drug-likeness (QED) is 0.737. The van der Waals surface area contributed by atoms with Crippen LogP contribution in [-0.4, -0.2) is 5.78 Å². The summed E-state index contributed by atoms with van der Waals surface area (Å²) in [5, 5.41) is 1.96. The van der Waals surface area contributed by atoms with Crippen LogP contribution in [0, 0.1) is 20.8 Å². The molecule has 2 aromatic rings. The van der Waals surface area contributed by atoms with Crippen LogP contribution in [0.3, 0.4) is 0 Å². The van der Waals surface area contributed by atoms with E-state index in [0.717, 1.165) is 31.6 Å². The molecule has 0 saturated carbocycles. The van der Waals surface area contributed by atoms with Gasteiger partial charge in [-0.1, -0.05) is 15.9 Å². The third kappa shape index (κ3) is 2.35. The van der Waals surface area contributed by atoms with Crippen LogP contribution in [-0.2, 0) is 0 Å². The average Bonchev–Trinajstić information content (AvgIpc) is 2.70. The highest BCUT2D eigenvalue weighted by molar-refractivity contribution is 9.10. The van der Waals surface area contributed by atoms with Gasteiger partial charge in [0.15, 0.2) is 5.78 Å². The van der Waals surface area contributed by atoms with Crippen molar-refractivity contribution in [2.75, 3.05) is 0 Å². The fraction of sp³-hybridized carbons (Fsp3) is 0.214. The van der Waals surface area contributed by atoms with E-state index in [1.54, 1.807) is 11.3 Å². The van der Waals surface area contributed by atoms with E-state index < -0.39 is 0 Å². The topological polar surface area (TPSA) is 17.1 Å². The molecule has 0 radical (unpaired) electrons. The molecule has 3 heteroatoms. The van der Waals surface area contributed by atoms with Crippen LogP contribution in [0.15, 0.2) is 28.1 Å². The van der Waals surface area contributed by atoms with E-state index in [1.807, 2.05) is 44.4 Å². The van der Waals surface area contributed by atoms with Crippen LogP contribution < -0.4 is 0 Å². The number of thiophene rings is 1. The van der Waals surface area contributed by atoms with Gasteiger partial charge in [0.1, 0.15) is 0 Å². The molecule has 0 amide bonds. The lowest BCUT2D eigenvalue weighted by Crippen LogP contribution is -2.02. The first kappa shape index (κ1) is 12.5. The molecule has 1 heterocycles. The van der Waals surface area contributed by atoms with Crippen molar-refractivity contribution in [1.29, 1.82) is 0 Å². The Hall–Kier alpha value is -0.930. The first-order valence-electron chi connectivity index (χ1n) is 5.36. The number of carbonyl (C=O) groups excluding carboxylic acids is 1. The first-order valence-corrected chi connectivity index (χ1v) is 7.03. The zero-order valence-corrected chi connectivity index (χ0v) is 12.4. The van der Waals surface area contributed by atoms with Crippen LogP contribution in [0.2, 0.25) is 0 Å². The monoisotopic (exact) mass is 308 g/mol. The molecule has 0 bridgehead atoms. The predicted molar refractivity (Wildman–Crippen MR) is 76.1 cm³/mol. The Labute approximate surface area is 114 Å². The van der Waals surface area contributed by atoms with E-state index in [1.165, 1.54) is 0 Å². The second kappa shape index (κ2) is 4.75. The van der Waals surface area contributed by atoms with Crippen molar-refractivity contribution < 1.29 is 4.79 Å². The zero-order chi connectivity index (χ0) is 12.6. The minimum absolute atomic E-state index is 0.113. The third-order valence-corrected chi connectivity index (χ3v) is 4.90. The van der Waals surface area contributed by atoms with Gasteiger partial charge in [0.05, 0.1) is 0 Å². The summed E-state index contributed by atoms with van der Waals surface area (Å²) in [7, 11) is 0. The maximum absolute atomic E-state index is 12.3. The highest BCUT2D eigenvalue weighted by atomic mass is 79.9. The average molecular weight is 309 g/mol. The van der Waals surface area contributed by atoms with Crippen molar-refractivity contribution in [3.8, 4) is 0 Å². The summed E-state index contributed by atoms with van der Waals surface area (Å²) in [6.07, 6.45) is 0. The number of ketones is 1. The molecule has 1 aromatic heterocycles. The number of halogens is 1. The molecule has 0 fully saturated rings. The Balaban J connectivity index is 2.49. The molecular formula is C14H13BrOS. The summed E-state index contributed by atoms with van der Waals surface area (Å²) in [4.78, 5) is 13.4. The second-order valence-electron chi connectivity index (χ2n) is 4.14. The minimum Gasteiger partial charge on any atom is -0.289 e. The molecule has 0 aliphatic heterocycles. The van der Waals surface area contributed by atoms with E-state index in [4.69, 9.17) is 0 Å². The van der Waals surface area contributed by atoms with Crippen LogP contribution in [0.5, 0.6) is 0 Å². The van der Waals surface area contributed by atoms with E-state index in [2.05, 4.69) is 15.9 Å². The van der Waals surface area contributed by atoms with Crippen molar-refractivity contribution in [3.05, 3.63) is 55.2 Å². The SMILES string of the molecule is Cc1cc(C(=O)c2ccsc2C)cc(C)c1Br. The van der Waals surface area contributed by atoms with Crippen molar-refractivity contribution in [1.82, 2.24) is 0 Å². The smallest absolute Gasteiger partial charge is 0.194 e. The summed E-state index contributed by atoms with van der Waals surface area (Å²) in [6.45, 7) is 6.00. The van der Waals surface area contributed by atoms with Crippen molar-refractivity contribution >= 4 is 33.0 Å². The highest BCUT2D eigenvalue weighted by Crippen LogP contribution is 2.25. The summed E-state index contributed by atoms with van der Waals surface area (Å²) in [5.74, 6) is 0.113. The van der Waals surface area contributed by atoms with Gasteiger partial charge in [-0.05, 0) is 55.5 Å². The summed E-state index contributed by atoms with van der Waals surface area (Å²) in [5.41, 5.74) is 3.78. The lowest BCUT2D eigenvalue weighted by Gasteiger charge is -2.07. The Morgan fingerprint density at radius 1 is 1.18 bits per heavy atom. The molecule has 88 valence electrons. The van der Waals surface area contributed by atoms with E-state index in [9.17, 15) is 4.79 Å².